The van der Waals surface area contributed by atoms with E-state index in [1.807, 2.05) is 6.07 Å². The molecule has 0 saturated heterocycles. The van der Waals surface area contributed by atoms with Gasteiger partial charge in [0.25, 0.3) is 11.5 Å². The standard InChI is InChI=1S/C21H18N4O4/c1-3-25-20(27)16-10-6-5-9-15(16)18(24-25)21(28)29-13(2)19(26)23-17-11-7-4-8-14(17)12-22/h4-11,13H,3H2,1-2H3,(H,23,26). The van der Waals surface area contributed by atoms with Crippen molar-refractivity contribution in [3.05, 3.63) is 70.1 Å². The van der Waals surface area contributed by atoms with E-state index in [9.17, 15) is 14.4 Å². The molecule has 3 rings (SSSR count). The van der Waals surface area contributed by atoms with E-state index in [1.165, 1.54) is 11.6 Å². The van der Waals surface area contributed by atoms with Crippen LogP contribution in [-0.2, 0) is 16.1 Å². The predicted octanol–water partition coefficient (Wildman–Crippen LogP) is 2.47. The van der Waals surface area contributed by atoms with Crippen LogP contribution < -0.4 is 10.9 Å². The minimum absolute atomic E-state index is 0.0425. The number of aromatic nitrogens is 2. The van der Waals surface area contributed by atoms with Gasteiger partial charge in [-0.1, -0.05) is 30.3 Å². The molecule has 0 bridgehead atoms. The van der Waals surface area contributed by atoms with Crippen LogP contribution in [0.15, 0.2) is 53.3 Å². The van der Waals surface area contributed by atoms with Gasteiger partial charge in [0.05, 0.1) is 16.6 Å². The van der Waals surface area contributed by atoms with Crippen molar-refractivity contribution in [1.82, 2.24) is 9.78 Å². The number of carbonyl (C=O) groups excluding carboxylic acids is 2. The number of aryl methyl sites for hydroxylation is 1. The highest BCUT2D eigenvalue weighted by molar-refractivity contribution is 6.03. The molecule has 1 heterocycles. The molecule has 0 saturated carbocycles. The molecular weight excluding hydrogens is 372 g/mol. The topological polar surface area (TPSA) is 114 Å². The van der Waals surface area contributed by atoms with Crippen LogP contribution >= 0.6 is 0 Å². The number of nitrogens with one attached hydrogen (secondary N) is 1. The number of fused-ring (bicyclic) bond motifs is 1. The van der Waals surface area contributed by atoms with Gasteiger partial charge in [0.1, 0.15) is 6.07 Å². The number of nitriles is 1. The number of hydrogen-bond acceptors (Lipinski definition) is 6. The Morgan fingerprint density at radius 2 is 1.83 bits per heavy atom. The van der Waals surface area contributed by atoms with Crippen molar-refractivity contribution in [2.75, 3.05) is 5.32 Å². The Morgan fingerprint density at radius 1 is 1.17 bits per heavy atom. The maximum atomic E-state index is 12.7. The number of benzene rings is 2. The van der Waals surface area contributed by atoms with Crippen molar-refractivity contribution < 1.29 is 14.3 Å². The van der Waals surface area contributed by atoms with Crippen LogP contribution in [0.5, 0.6) is 0 Å². The predicted molar refractivity (Wildman–Crippen MR) is 106 cm³/mol. The molecule has 3 aromatic rings. The van der Waals surface area contributed by atoms with Crippen LogP contribution in [-0.4, -0.2) is 27.8 Å². The minimum atomic E-state index is -1.14. The third-order valence-corrected chi connectivity index (χ3v) is 4.32. The Morgan fingerprint density at radius 3 is 2.52 bits per heavy atom. The molecule has 1 N–H and O–H groups in total. The Kier molecular flexibility index (Phi) is 5.69. The lowest BCUT2D eigenvalue weighted by Gasteiger charge is -2.15. The van der Waals surface area contributed by atoms with E-state index >= 15 is 0 Å². The highest BCUT2D eigenvalue weighted by Gasteiger charge is 2.23. The molecule has 1 atom stereocenters. The van der Waals surface area contributed by atoms with Gasteiger partial charge in [-0.2, -0.15) is 10.4 Å². The van der Waals surface area contributed by atoms with E-state index in [4.69, 9.17) is 10.00 Å². The summed E-state index contributed by atoms with van der Waals surface area (Å²) in [4.78, 5) is 37.5. The molecule has 0 spiro atoms. The third-order valence-electron chi connectivity index (χ3n) is 4.32. The van der Waals surface area contributed by atoms with Gasteiger partial charge in [0, 0.05) is 11.9 Å². The molecule has 8 heteroatoms. The summed E-state index contributed by atoms with van der Waals surface area (Å²) in [5.41, 5.74) is 0.269. The number of hydrogen-bond donors (Lipinski definition) is 1. The number of amides is 1. The van der Waals surface area contributed by atoms with Gasteiger partial charge in [-0.25, -0.2) is 9.48 Å². The fraction of sp³-hybridized carbons (Fsp3) is 0.190. The number of esters is 1. The molecular formula is C21H18N4O4. The highest BCUT2D eigenvalue weighted by Crippen LogP contribution is 2.17. The molecule has 0 fully saturated rings. The van der Waals surface area contributed by atoms with Gasteiger partial charge in [-0.3, -0.25) is 9.59 Å². The van der Waals surface area contributed by atoms with E-state index in [2.05, 4.69) is 10.4 Å². The molecule has 0 aliphatic rings. The van der Waals surface area contributed by atoms with Crippen molar-refractivity contribution >= 4 is 28.3 Å². The van der Waals surface area contributed by atoms with Gasteiger partial charge >= 0.3 is 5.97 Å². The van der Waals surface area contributed by atoms with Crippen molar-refractivity contribution in [2.24, 2.45) is 0 Å². The molecule has 0 radical (unpaired) electrons. The van der Waals surface area contributed by atoms with E-state index in [0.29, 0.717) is 22.0 Å². The van der Waals surface area contributed by atoms with E-state index in [1.54, 1.807) is 55.5 Å². The number of ether oxygens (including phenoxy) is 1. The van der Waals surface area contributed by atoms with Gasteiger partial charge in [-0.05, 0) is 32.0 Å². The van der Waals surface area contributed by atoms with Gasteiger partial charge in [0.2, 0.25) is 0 Å². The maximum Gasteiger partial charge on any atom is 0.360 e. The monoisotopic (exact) mass is 390 g/mol. The largest absolute Gasteiger partial charge is 0.448 e. The lowest BCUT2D eigenvalue weighted by atomic mass is 10.1. The summed E-state index contributed by atoms with van der Waals surface area (Å²) in [7, 11) is 0. The number of carbonyl (C=O) groups is 2. The minimum Gasteiger partial charge on any atom is -0.448 e. The second kappa shape index (κ2) is 8.35. The lowest BCUT2D eigenvalue weighted by Crippen LogP contribution is -2.32. The molecule has 146 valence electrons. The molecule has 1 amide bonds. The molecule has 1 unspecified atom stereocenters. The number of para-hydroxylation sites is 1. The zero-order valence-electron chi connectivity index (χ0n) is 15.9. The van der Waals surface area contributed by atoms with Crippen LogP contribution in [0, 0.1) is 11.3 Å². The maximum absolute atomic E-state index is 12.7. The van der Waals surface area contributed by atoms with Crippen molar-refractivity contribution in [1.29, 1.82) is 5.26 Å². The molecule has 0 aliphatic carbocycles. The van der Waals surface area contributed by atoms with Gasteiger partial charge in [0.15, 0.2) is 11.8 Å². The Bertz CT molecular complexity index is 1190. The normalized spacial score (nSPS) is 11.5. The van der Waals surface area contributed by atoms with Crippen molar-refractivity contribution in [2.45, 2.75) is 26.5 Å². The summed E-state index contributed by atoms with van der Waals surface area (Å²) in [6.45, 7) is 3.44. The summed E-state index contributed by atoms with van der Waals surface area (Å²) in [6, 6.07) is 15.1. The average molecular weight is 390 g/mol. The molecule has 29 heavy (non-hydrogen) atoms. The average Bonchev–Trinajstić information content (AvgIpc) is 2.74. The van der Waals surface area contributed by atoms with E-state index in [-0.39, 0.29) is 17.8 Å². The Hall–Kier alpha value is -3.99. The number of nitrogens with zero attached hydrogens (tertiary/aromatic N) is 3. The van der Waals surface area contributed by atoms with Crippen LogP contribution in [0.3, 0.4) is 0 Å². The lowest BCUT2D eigenvalue weighted by molar-refractivity contribution is -0.123. The fourth-order valence-corrected chi connectivity index (χ4v) is 2.79. The molecule has 2 aromatic carbocycles. The SMILES string of the molecule is CCn1nc(C(=O)OC(C)C(=O)Nc2ccccc2C#N)c2ccccc2c1=O. The van der Waals surface area contributed by atoms with Crippen molar-refractivity contribution in [3.8, 4) is 6.07 Å². The molecule has 1 aromatic heterocycles. The smallest absolute Gasteiger partial charge is 0.360 e. The summed E-state index contributed by atoms with van der Waals surface area (Å²) < 4.78 is 6.45. The van der Waals surface area contributed by atoms with Crippen molar-refractivity contribution in [3.63, 3.8) is 0 Å². The van der Waals surface area contributed by atoms with Gasteiger partial charge < -0.3 is 10.1 Å². The summed E-state index contributed by atoms with van der Waals surface area (Å²) in [5, 5.41) is 16.5. The highest BCUT2D eigenvalue weighted by atomic mass is 16.5. The first-order chi connectivity index (χ1) is 14.0. The summed E-state index contributed by atoms with van der Waals surface area (Å²) in [5.74, 6) is -1.41. The first-order valence-electron chi connectivity index (χ1n) is 8.97. The Balaban J connectivity index is 1.85. The van der Waals surface area contributed by atoms with Crippen LogP contribution in [0.1, 0.15) is 29.9 Å². The quantitative estimate of drug-likeness (QED) is 0.670. The number of anilines is 1. The van der Waals surface area contributed by atoms with E-state index in [0.717, 1.165) is 0 Å². The fourth-order valence-electron chi connectivity index (χ4n) is 2.79. The van der Waals surface area contributed by atoms with E-state index < -0.39 is 18.0 Å². The van der Waals surface area contributed by atoms with Crippen LogP contribution in [0.2, 0.25) is 0 Å². The second-order valence-corrected chi connectivity index (χ2v) is 6.21. The third kappa shape index (κ3) is 3.99. The zero-order chi connectivity index (χ0) is 21.0. The number of rotatable bonds is 5. The van der Waals surface area contributed by atoms with Gasteiger partial charge in [-0.15, -0.1) is 0 Å². The molecule has 0 aliphatic heterocycles. The Labute approximate surface area is 166 Å². The first-order valence-corrected chi connectivity index (χ1v) is 8.97. The van der Waals surface area contributed by atoms with Crippen LogP contribution in [0.4, 0.5) is 5.69 Å². The zero-order valence-corrected chi connectivity index (χ0v) is 15.9. The first kappa shape index (κ1) is 19.8. The summed E-state index contributed by atoms with van der Waals surface area (Å²) in [6.07, 6.45) is -1.14. The molecule has 8 nitrogen and oxygen atoms in total. The van der Waals surface area contributed by atoms with Crippen LogP contribution in [0.25, 0.3) is 10.8 Å². The second-order valence-electron chi connectivity index (χ2n) is 6.21. The summed E-state index contributed by atoms with van der Waals surface area (Å²) >= 11 is 0.